The highest BCUT2D eigenvalue weighted by Gasteiger charge is 1.98. The Kier molecular flexibility index (Phi) is 1.70. The number of hydrogen-bond acceptors (Lipinski definition) is 2. The van der Waals surface area contributed by atoms with E-state index in [1.165, 1.54) is 4.70 Å². The van der Waals surface area contributed by atoms with Crippen molar-refractivity contribution in [2.24, 2.45) is 0 Å². The number of nitrogens with zero attached hydrogens (tertiary/aromatic N) is 1. The molecule has 0 fully saturated rings. The van der Waals surface area contributed by atoms with Crippen LogP contribution in [0.1, 0.15) is 10.6 Å². The summed E-state index contributed by atoms with van der Waals surface area (Å²) >= 11 is 1.73. The normalized spacial score (nSPS) is 10.4. The van der Waals surface area contributed by atoms with E-state index in [9.17, 15) is 0 Å². The van der Waals surface area contributed by atoms with Crippen LogP contribution in [0, 0.1) is 6.92 Å². The zero-order valence-electron chi connectivity index (χ0n) is 6.87. The highest BCUT2D eigenvalue weighted by atomic mass is 32.1. The van der Waals surface area contributed by atoms with Crippen molar-refractivity contribution in [1.29, 1.82) is 0 Å². The van der Waals surface area contributed by atoms with Crippen LogP contribution >= 0.6 is 11.3 Å². The molecule has 2 heteroatoms. The number of aryl methyl sites for hydroxylation is 1. The van der Waals surface area contributed by atoms with Crippen LogP contribution in [0.4, 0.5) is 0 Å². The molecule has 0 unspecified atom stereocenters. The maximum Gasteiger partial charge on any atom is 0.0907 e. The summed E-state index contributed by atoms with van der Waals surface area (Å²) in [6.07, 6.45) is 1.84. The summed E-state index contributed by atoms with van der Waals surface area (Å²) in [5, 5.41) is 1.12. The van der Waals surface area contributed by atoms with Gasteiger partial charge in [0.2, 0.25) is 0 Å². The second-order valence-corrected chi connectivity index (χ2v) is 3.90. The molecule has 2 aromatic rings. The van der Waals surface area contributed by atoms with E-state index in [1.54, 1.807) is 11.3 Å². The minimum Gasteiger partial charge on any atom is -0.241 e. The van der Waals surface area contributed by atoms with Gasteiger partial charge in [0.25, 0.3) is 0 Å². The van der Waals surface area contributed by atoms with Gasteiger partial charge in [0.05, 0.1) is 15.2 Å². The molecule has 2 rings (SSSR count). The quantitative estimate of drug-likeness (QED) is 0.648. The second-order valence-electron chi connectivity index (χ2n) is 2.66. The van der Waals surface area contributed by atoms with Crippen molar-refractivity contribution in [1.82, 2.24) is 4.98 Å². The van der Waals surface area contributed by atoms with Gasteiger partial charge < -0.3 is 0 Å². The molecule has 0 saturated carbocycles. The third kappa shape index (κ3) is 1.14. The molecule has 0 aliphatic heterocycles. The summed E-state index contributed by atoms with van der Waals surface area (Å²) in [5.41, 5.74) is 2.21. The first kappa shape index (κ1) is 7.50. The van der Waals surface area contributed by atoms with Crippen LogP contribution in [0.5, 0.6) is 0 Å². The highest BCUT2D eigenvalue weighted by molar-refractivity contribution is 7.18. The average Bonchev–Trinajstić information content (AvgIpc) is 2.43. The Labute approximate surface area is 75.4 Å². The molecular weight excluding hydrogens is 166 g/mol. The lowest BCUT2D eigenvalue weighted by molar-refractivity contribution is 1.35. The van der Waals surface area contributed by atoms with Gasteiger partial charge in [-0.25, -0.2) is 4.98 Å². The molecule has 60 valence electrons. The van der Waals surface area contributed by atoms with Crippen molar-refractivity contribution in [3.8, 4) is 0 Å². The number of rotatable bonds is 1. The minimum absolute atomic E-state index is 1.08. The Morgan fingerprint density at radius 3 is 3.08 bits per heavy atom. The Morgan fingerprint density at radius 2 is 2.33 bits per heavy atom. The van der Waals surface area contributed by atoms with Gasteiger partial charge in [-0.05, 0) is 24.6 Å². The zero-order valence-corrected chi connectivity index (χ0v) is 7.69. The summed E-state index contributed by atoms with van der Waals surface area (Å²) in [6.45, 7) is 5.75. The molecule has 0 saturated heterocycles. The summed E-state index contributed by atoms with van der Waals surface area (Å²) in [7, 11) is 0. The van der Waals surface area contributed by atoms with Gasteiger partial charge in [-0.15, -0.1) is 11.3 Å². The van der Waals surface area contributed by atoms with Crippen LogP contribution in [-0.4, -0.2) is 4.98 Å². The van der Waals surface area contributed by atoms with E-state index in [1.807, 2.05) is 13.0 Å². The van der Waals surface area contributed by atoms with Crippen molar-refractivity contribution >= 4 is 27.6 Å². The maximum absolute atomic E-state index is 4.39. The molecule has 0 bridgehead atoms. The third-order valence-corrected chi connectivity index (χ3v) is 2.71. The predicted molar refractivity (Wildman–Crippen MR) is 54.4 cm³/mol. The van der Waals surface area contributed by atoms with Crippen LogP contribution in [0.3, 0.4) is 0 Å². The number of thiazole rings is 1. The first-order valence-electron chi connectivity index (χ1n) is 3.79. The first-order chi connectivity index (χ1) is 5.79. The minimum atomic E-state index is 1.08. The van der Waals surface area contributed by atoms with E-state index in [-0.39, 0.29) is 0 Å². The van der Waals surface area contributed by atoms with E-state index < -0.39 is 0 Å². The monoisotopic (exact) mass is 175 g/mol. The molecule has 0 radical (unpaired) electrons. The van der Waals surface area contributed by atoms with Gasteiger partial charge in [0, 0.05) is 0 Å². The largest absolute Gasteiger partial charge is 0.241 e. The number of benzene rings is 1. The molecule has 0 aliphatic carbocycles. The van der Waals surface area contributed by atoms with E-state index >= 15 is 0 Å². The fourth-order valence-electron chi connectivity index (χ4n) is 1.19. The van der Waals surface area contributed by atoms with Crippen LogP contribution in [0.15, 0.2) is 24.8 Å². The standard InChI is InChI=1S/C10H9NS/c1-3-8-4-5-10-9(6-8)11-7(2)12-10/h3-6H,1H2,2H3. The maximum atomic E-state index is 4.39. The molecule has 1 nitrogen and oxygen atoms in total. The fourth-order valence-corrected chi connectivity index (χ4v) is 1.99. The smallest absolute Gasteiger partial charge is 0.0907 e. The molecule has 1 heterocycles. The first-order valence-corrected chi connectivity index (χ1v) is 4.61. The molecule has 0 amide bonds. The number of hydrogen-bond donors (Lipinski definition) is 0. The van der Waals surface area contributed by atoms with Crippen LogP contribution in [0.2, 0.25) is 0 Å². The summed E-state index contributed by atoms with van der Waals surface area (Å²) in [5.74, 6) is 0. The van der Waals surface area contributed by atoms with Crippen molar-refractivity contribution in [2.75, 3.05) is 0 Å². The van der Waals surface area contributed by atoms with Crippen molar-refractivity contribution in [3.63, 3.8) is 0 Å². The number of aromatic nitrogens is 1. The van der Waals surface area contributed by atoms with Crippen LogP contribution < -0.4 is 0 Å². The SMILES string of the molecule is C=Cc1ccc2sc(C)nc2c1. The van der Waals surface area contributed by atoms with Crippen molar-refractivity contribution in [3.05, 3.63) is 35.3 Å². The molecular formula is C10H9NS. The lowest BCUT2D eigenvalue weighted by Gasteiger charge is -1.90. The van der Waals surface area contributed by atoms with Crippen LogP contribution in [-0.2, 0) is 0 Å². The summed E-state index contributed by atoms with van der Waals surface area (Å²) in [4.78, 5) is 4.39. The predicted octanol–water partition coefficient (Wildman–Crippen LogP) is 3.25. The second kappa shape index (κ2) is 2.72. The Balaban J connectivity index is 2.74. The number of fused-ring (bicyclic) bond motifs is 1. The Morgan fingerprint density at radius 1 is 1.50 bits per heavy atom. The lowest BCUT2D eigenvalue weighted by Crippen LogP contribution is -1.71. The van der Waals surface area contributed by atoms with Gasteiger partial charge >= 0.3 is 0 Å². The third-order valence-electron chi connectivity index (χ3n) is 1.75. The molecule has 0 aliphatic rings. The molecule has 1 aromatic heterocycles. The molecule has 12 heavy (non-hydrogen) atoms. The van der Waals surface area contributed by atoms with Gasteiger partial charge in [-0.2, -0.15) is 0 Å². The molecule has 1 aromatic carbocycles. The summed E-state index contributed by atoms with van der Waals surface area (Å²) in [6, 6.07) is 6.22. The highest BCUT2D eigenvalue weighted by Crippen LogP contribution is 2.22. The van der Waals surface area contributed by atoms with Crippen molar-refractivity contribution < 1.29 is 0 Å². The molecule has 0 N–H and O–H groups in total. The topological polar surface area (TPSA) is 12.9 Å². The van der Waals surface area contributed by atoms with E-state index in [0.717, 1.165) is 16.1 Å². The van der Waals surface area contributed by atoms with E-state index in [4.69, 9.17) is 0 Å². The van der Waals surface area contributed by atoms with Gasteiger partial charge in [0.15, 0.2) is 0 Å². The summed E-state index contributed by atoms with van der Waals surface area (Å²) < 4.78 is 1.25. The fraction of sp³-hybridized carbons (Fsp3) is 0.100. The van der Waals surface area contributed by atoms with Gasteiger partial charge in [-0.3, -0.25) is 0 Å². The van der Waals surface area contributed by atoms with Gasteiger partial charge in [0.1, 0.15) is 0 Å². The Bertz CT molecular complexity index is 428. The average molecular weight is 175 g/mol. The Hall–Kier alpha value is -1.15. The van der Waals surface area contributed by atoms with Gasteiger partial charge in [-0.1, -0.05) is 18.7 Å². The van der Waals surface area contributed by atoms with Crippen LogP contribution in [0.25, 0.3) is 16.3 Å². The lowest BCUT2D eigenvalue weighted by atomic mass is 10.2. The van der Waals surface area contributed by atoms with E-state index in [2.05, 4.69) is 29.8 Å². The molecule has 0 atom stereocenters. The zero-order chi connectivity index (χ0) is 8.55. The van der Waals surface area contributed by atoms with E-state index in [0.29, 0.717) is 0 Å². The van der Waals surface area contributed by atoms with Crippen molar-refractivity contribution in [2.45, 2.75) is 6.92 Å². The molecule has 0 spiro atoms.